The molecule has 0 radical (unpaired) electrons. The molecular weight excluding hydrogens is 202 g/mol. The molecule has 3 nitrogen and oxygen atoms in total. The zero-order valence-electron chi connectivity index (χ0n) is 8.33. The molecule has 0 aromatic carbocycles. The quantitative estimate of drug-likeness (QED) is 0.727. The van der Waals surface area contributed by atoms with Gasteiger partial charge in [0.15, 0.2) is 0 Å². The Labute approximate surface area is 89.1 Å². The van der Waals surface area contributed by atoms with Crippen molar-refractivity contribution in [2.45, 2.75) is 56.2 Å². The van der Waals surface area contributed by atoms with Gasteiger partial charge in [0, 0.05) is 6.04 Å². The van der Waals surface area contributed by atoms with Crippen molar-refractivity contribution in [2.75, 3.05) is 0 Å². The Bertz CT molecular complexity index is 230. The van der Waals surface area contributed by atoms with E-state index in [1.54, 1.807) is 0 Å². The van der Waals surface area contributed by atoms with Crippen LogP contribution < -0.4 is 5.32 Å². The monoisotopic (exact) mass is 217 g/mol. The fourth-order valence-corrected chi connectivity index (χ4v) is 1.97. The lowest BCUT2D eigenvalue weighted by atomic mass is 10.1. The number of nitrogens with one attached hydrogen (secondary N) is 1. The molecule has 0 aromatic heterocycles. The van der Waals surface area contributed by atoms with E-state index in [0.29, 0.717) is 6.04 Å². The average molecular weight is 218 g/mol. The number of carbonyl (C=O) groups is 1. The Hall–Kier alpha value is -0.280. The van der Waals surface area contributed by atoms with E-state index in [1.807, 2.05) is 6.92 Å². The topological polar surface area (TPSA) is 38.3 Å². The van der Waals surface area contributed by atoms with E-state index < -0.39 is 5.38 Å². The van der Waals surface area contributed by atoms with Crippen LogP contribution in [0.4, 0.5) is 0 Å². The molecule has 0 spiro atoms. The summed E-state index contributed by atoms with van der Waals surface area (Å²) in [5.74, 6) is -0.0618. The molecule has 2 fully saturated rings. The molecule has 1 amide bonds. The van der Waals surface area contributed by atoms with Crippen molar-refractivity contribution in [3.05, 3.63) is 0 Å². The molecule has 3 atom stereocenters. The SMILES string of the molecule is CC1CCC(C(Cl)C(=O)NC2CC2)O1. The fourth-order valence-electron chi connectivity index (χ4n) is 1.73. The molecule has 4 heteroatoms. The summed E-state index contributed by atoms with van der Waals surface area (Å²) < 4.78 is 5.55. The molecule has 1 heterocycles. The lowest BCUT2D eigenvalue weighted by molar-refractivity contribution is -0.123. The molecular formula is C10H16ClNO2. The molecule has 80 valence electrons. The summed E-state index contributed by atoms with van der Waals surface area (Å²) in [5.41, 5.74) is 0. The van der Waals surface area contributed by atoms with Crippen molar-refractivity contribution in [3.8, 4) is 0 Å². The lowest BCUT2D eigenvalue weighted by Crippen LogP contribution is -2.39. The minimum atomic E-state index is -0.513. The van der Waals surface area contributed by atoms with Gasteiger partial charge in [-0.25, -0.2) is 0 Å². The average Bonchev–Trinajstić information content (AvgIpc) is 2.85. The van der Waals surface area contributed by atoms with Gasteiger partial charge in [0.25, 0.3) is 0 Å². The Balaban J connectivity index is 1.80. The van der Waals surface area contributed by atoms with Gasteiger partial charge in [0.1, 0.15) is 5.38 Å². The van der Waals surface area contributed by atoms with E-state index >= 15 is 0 Å². The predicted molar refractivity (Wildman–Crippen MR) is 54.4 cm³/mol. The summed E-state index contributed by atoms with van der Waals surface area (Å²) in [6.45, 7) is 2.02. The van der Waals surface area contributed by atoms with E-state index in [2.05, 4.69) is 5.32 Å². The standard InChI is InChI=1S/C10H16ClNO2/c1-6-2-5-8(14-6)9(11)10(13)12-7-3-4-7/h6-9H,2-5H2,1H3,(H,12,13). The minimum Gasteiger partial charge on any atom is -0.373 e. The van der Waals surface area contributed by atoms with Gasteiger partial charge in [-0.05, 0) is 32.6 Å². The Morgan fingerprint density at radius 1 is 1.43 bits per heavy atom. The highest BCUT2D eigenvalue weighted by Gasteiger charge is 2.35. The molecule has 0 aromatic rings. The van der Waals surface area contributed by atoms with Gasteiger partial charge < -0.3 is 10.1 Å². The molecule has 14 heavy (non-hydrogen) atoms. The molecule has 1 saturated heterocycles. The molecule has 3 unspecified atom stereocenters. The second-order valence-electron chi connectivity index (χ2n) is 4.25. The van der Waals surface area contributed by atoms with Crippen LogP contribution in [0.2, 0.25) is 0 Å². The second kappa shape index (κ2) is 4.07. The van der Waals surface area contributed by atoms with E-state index in [0.717, 1.165) is 25.7 Å². The molecule has 1 N–H and O–H groups in total. The van der Waals surface area contributed by atoms with Crippen LogP contribution in [0.15, 0.2) is 0 Å². The highest BCUT2D eigenvalue weighted by atomic mass is 35.5. The van der Waals surface area contributed by atoms with E-state index in [1.165, 1.54) is 0 Å². The summed E-state index contributed by atoms with van der Waals surface area (Å²) in [4.78, 5) is 11.6. The van der Waals surface area contributed by atoms with Crippen molar-refractivity contribution >= 4 is 17.5 Å². The van der Waals surface area contributed by atoms with E-state index in [9.17, 15) is 4.79 Å². The van der Waals surface area contributed by atoms with Crippen molar-refractivity contribution in [3.63, 3.8) is 0 Å². The number of ether oxygens (including phenoxy) is 1. The summed E-state index contributed by atoms with van der Waals surface area (Å²) in [6.07, 6.45) is 4.24. The Morgan fingerprint density at radius 3 is 2.64 bits per heavy atom. The summed E-state index contributed by atoms with van der Waals surface area (Å²) in [7, 11) is 0. The number of hydrogen-bond acceptors (Lipinski definition) is 2. The number of hydrogen-bond donors (Lipinski definition) is 1. The van der Waals surface area contributed by atoms with Gasteiger partial charge in [0.05, 0.1) is 12.2 Å². The van der Waals surface area contributed by atoms with Crippen LogP contribution in [0.3, 0.4) is 0 Å². The Kier molecular flexibility index (Phi) is 2.98. The van der Waals surface area contributed by atoms with E-state index in [-0.39, 0.29) is 18.1 Å². The third-order valence-electron chi connectivity index (χ3n) is 2.77. The third kappa shape index (κ3) is 2.39. The molecule has 2 aliphatic rings. The Morgan fingerprint density at radius 2 is 2.14 bits per heavy atom. The van der Waals surface area contributed by atoms with Gasteiger partial charge >= 0.3 is 0 Å². The zero-order chi connectivity index (χ0) is 10.1. The summed E-state index contributed by atoms with van der Waals surface area (Å²) in [5, 5.41) is 2.38. The van der Waals surface area contributed by atoms with Gasteiger partial charge in [-0.1, -0.05) is 0 Å². The maximum Gasteiger partial charge on any atom is 0.240 e. The maximum atomic E-state index is 11.6. The highest BCUT2D eigenvalue weighted by Crippen LogP contribution is 2.26. The van der Waals surface area contributed by atoms with Crippen molar-refractivity contribution in [2.24, 2.45) is 0 Å². The van der Waals surface area contributed by atoms with Crippen molar-refractivity contribution < 1.29 is 9.53 Å². The van der Waals surface area contributed by atoms with Crippen molar-refractivity contribution in [1.82, 2.24) is 5.32 Å². The van der Waals surface area contributed by atoms with Crippen LogP contribution in [0.25, 0.3) is 0 Å². The second-order valence-corrected chi connectivity index (χ2v) is 4.72. The van der Waals surface area contributed by atoms with E-state index in [4.69, 9.17) is 16.3 Å². The first-order valence-electron chi connectivity index (χ1n) is 5.26. The number of amides is 1. The van der Waals surface area contributed by atoms with Crippen LogP contribution in [0.5, 0.6) is 0 Å². The smallest absolute Gasteiger partial charge is 0.240 e. The van der Waals surface area contributed by atoms with Crippen LogP contribution in [-0.2, 0) is 9.53 Å². The first kappa shape index (κ1) is 10.2. The van der Waals surface area contributed by atoms with Crippen LogP contribution in [-0.4, -0.2) is 29.5 Å². The third-order valence-corrected chi connectivity index (χ3v) is 3.24. The maximum absolute atomic E-state index is 11.6. The van der Waals surface area contributed by atoms with Crippen LogP contribution in [0, 0.1) is 0 Å². The van der Waals surface area contributed by atoms with Gasteiger partial charge in [-0.2, -0.15) is 0 Å². The predicted octanol–water partition coefficient (Wildman–Crippen LogP) is 1.44. The first-order chi connectivity index (χ1) is 6.66. The zero-order valence-corrected chi connectivity index (χ0v) is 9.09. The molecule has 2 rings (SSSR count). The fraction of sp³-hybridized carbons (Fsp3) is 0.900. The molecule has 1 aliphatic heterocycles. The summed E-state index contributed by atoms with van der Waals surface area (Å²) >= 11 is 6.04. The van der Waals surface area contributed by atoms with Gasteiger partial charge in [-0.15, -0.1) is 11.6 Å². The number of rotatable bonds is 3. The van der Waals surface area contributed by atoms with Gasteiger partial charge in [-0.3, -0.25) is 4.79 Å². The number of alkyl halides is 1. The highest BCUT2D eigenvalue weighted by molar-refractivity contribution is 6.31. The minimum absolute atomic E-state index is 0.0618. The van der Waals surface area contributed by atoms with Crippen LogP contribution >= 0.6 is 11.6 Å². The first-order valence-corrected chi connectivity index (χ1v) is 5.70. The molecule has 1 aliphatic carbocycles. The summed E-state index contributed by atoms with van der Waals surface area (Å²) in [6, 6.07) is 0.377. The molecule has 0 bridgehead atoms. The van der Waals surface area contributed by atoms with Crippen LogP contribution in [0.1, 0.15) is 32.6 Å². The van der Waals surface area contributed by atoms with Gasteiger partial charge in [0.2, 0.25) is 5.91 Å². The largest absolute Gasteiger partial charge is 0.373 e. The lowest BCUT2D eigenvalue weighted by Gasteiger charge is -2.16. The normalized spacial score (nSPS) is 34.1. The molecule has 1 saturated carbocycles. The number of carbonyl (C=O) groups excluding carboxylic acids is 1. The number of halogens is 1. The van der Waals surface area contributed by atoms with Crippen molar-refractivity contribution in [1.29, 1.82) is 0 Å².